The van der Waals surface area contributed by atoms with Crippen LogP contribution in [0.15, 0.2) is 23.8 Å². The second kappa shape index (κ2) is 21.1. The van der Waals surface area contributed by atoms with Gasteiger partial charge in [-0.25, -0.2) is 0 Å². The van der Waals surface area contributed by atoms with Crippen molar-refractivity contribution in [1.82, 2.24) is 15.1 Å². The SMILES string of the molecule is CCCCCCCCCCC(C)=CC=CC(=O)NCCCN(C)CCCCN(C)C. The van der Waals surface area contributed by atoms with E-state index in [0.717, 1.165) is 39.0 Å². The zero-order valence-electron chi connectivity index (χ0n) is 20.8. The minimum atomic E-state index is 0.0137. The van der Waals surface area contributed by atoms with Gasteiger partial charge in [0.15, 0.2) is 0 Å². The van der Waals surface area contributed by atoms with Crippen LogP contribution in [0, 0.1) is 0 Å². The minimum absolute atomic E-state index is 0.0137. The standard InChI is InChI=1S/C26H51N3O/c1-6-7-8-9-10-11-12-13-18-25(2)19-16-20-26(30)27-21-17-24-29(5)23-15-14-22-28(3)4/h16,19-20H,6-15,17-18,21-24H2,1-5H3,(H,27,30). The molecule has 0 saturated heterocycles. The molecule has 0 spiro atoms. The summed E-state index contributed by atoms with van der Waals surface area (Å²) in [4.78, 5) is 16.5. The highest BCUT2D eigenvalue weighted by Gasteiger charge is 2.00. The van der Waals surface area contributed by atoms with Crippen LogP contribution in [-0.4, -0.2) is 63.0 Å². The summed E-state index contributed by atoms with van der Waals surface area (Å²) in [7, 11) is 6.40. The first kappa shape index (κ1) is 28.9. The Morgan fingerprint density at radius 3 is 2.07 bits per heavy atom. The lowest BCUT2D eigenvalue weighted by atomic mass is 10.0. The lowest BCUT2D eigenvalue weighted by molar-refractivity contribution is -0.116. The van der Waals surface area contributed by atoms with Crippen molar-refractivity contribution in [3.63, 3.8) is 0 Å². The maximum absolute atomic E-state index is 11.9. The normalized spacial score (nSPS) is 12.4. The maximum atomic E-state index is 11.9. The highest BCUT2D eigenvalue weighted by molar-refractivity contribution is 5.87. The molecule has 1 amide bonds. The van der Waals surface area contributed by atoms with Gasteiger partial charge in [-0.15, -0.1) is 0 Å². The van der Waals surface area contributed by atoms with E-state index in [1.54, 1.807) is 6.08 Å². The molecule has 0 radical (unpaired) electrons. The molecule has 0 aromatic rings. The number of unbranched alkanes of at least 4 members (excludes halogenated alkanes) is 8. The molecule has 0 unspecified atom stereocenters. The van der Waals surface area contributed by atoms with Crippen LogP contribution in [0.2, 0.25) is 0 Å². The average molecular weight is 422 g/mol. The van der Waals surface area contributed by atoms with Gasteiger partial charge >= 0.3 is 0 Å². The molecule has 176 valence electrons. The van der Waals surface area contributed by atoms with Gasteiger partial charge in [-0.2, -0.15) is 0 Å². The van der Waals surface area contributed by atoms with E-state index in [1.165, 1.54) is 69.8 Å². The topological polar surface area (TPSA) is 35.6 Å². The van der Waals surface area contributed by atoms with Crippen LogP contribution in [-0.2, 0) is 4.79 Å². The summed E-state index contributed by atoms with van der Waals surface area (Å²) in [5.74, 6) is 0.0137. The van der Waals surface area contributed by atoms with E-state index < -0.39 is 0 Å². The summed E-state index contributed by atoms with van der Waals surface area (Å²) in [5.41, 5.74) is 1.36. The van der Waals surface area contributed by atoms with Crippen molar-refractivity contribution in [2.75, 3.05) is 47.3 Å². The first-order chi connectivity index (χ1) is 14.5. The number of carbonyl (C=O) groups is 1. The zero-order valence-corrected chi connectivity index (χ0v) is 20.8. The molecule has 0 rings (SSSR count). The average Bonchev–Trinajstić information content (AvgIpc) is 2.70. The number of nitrogens with zero attached hydrogens (tertiary/aromatic N) is 2. The van der Waals surface area contributed by atoms with Crippen LogP contribution >= 0.6 is 0 Å². The van der Waals surface area contributed by atoms with Gasteiger partial charge in [-0.3, -0.25) is 4.79 Å². The zero-order chi connectivity index (χ0) is 22.5. The molecule has 0 atom stereocenters. The fourth-order valence-electron chi connectivity index (χ4n) is 3.46. The monoisotopic (exact) mass is 421 g/mol. The van der Waals surface area contributed by atoms with Gasteiger partial charge in [0.1, 0.15) is 0 Å². The Morgan fingerprint density at radius 1 is 0.800 bits per heavy atom. The molecule has 4 heteroatoms. The van der Waals surface area contributed by atoms with Gasteiger partial charge in [0, 0.05) is 12.6 Å². The number of hydrogen-bond donors (Lipinski definition) is 1. The Morgan fingerprint density at radius 2 is 1.40 bits per heavy atom. The van der Waals surface area contributed by atoms with Gasteiger partial charge in [-0.05, 0) is 79.8 Å². The molecular weight excluding hydrogens is 370 g/mol. The molecule has 0 saturated carbocycles. The summed E-state index contributed by atoms with van der Waals surface area (Å²) in [6.45, 7) is 8.49. The quantitative estimate of drug-likeness (QED) is 0.153. The molecule has 0 bridgehead atoms. The Hall–Kier alpha value is -1.13. The highest BCUT2D eigenvalue weighted by Crippen LogP contribution is 2.12. The van der Waals surface area contributed by atoms with E-state index in [-0.39, 0.29) is 5.91 Å². The van der Waals surface area contributed by atoms with Crippen LogP contribution in [0.5, 0.6) is 0 Å². The third kappa shape index (κ3) is 21.6. The van der Waals surface area contributed by atoms with Gasteiger partial charge in [0.2, 0.25) is 5.91 Å². The summed E-state index contributed by atoms with van der Waals surface area (Å²) in [6, 6.07) is 0. The minimum Gasteiger partial charge on any atom is -0.353 e. The molecule has 0 aromatic carbocycles. The van der Waals surface area contributed by atoms with Gasteiger partial charge < -0.3 is 15.1 Å². The lowest BCUT2D eigenvalue weighted by Gasteiger charge is -2.17. The summed E-state index contributed by atoms with van der Waals surface area (Å²) in [5, 5.41) is 2.99. The van der Waals surface area contributed by atoms with Crippen molar-refractivity contribution in [2.45, 2.75) is 90.9 Å². The van der Waals surface area contributed by atoms with E-state index in [2.05, 4.69) is 56.2 Å². The number of nitrogens with one attached hydrogen (secondary N) is 1. The Balaban J connectivity index is 3.65. The van der Waals surface area contributed by atoms with Gasteiger partial charge in [0.25, 0.3) is 0 Å². The number of carbonyl (C=O) groups excluding carboxylic acids is 1. The molecule has 0 fully saturated rings. The van der Waals surface area contributed by atoms with E-state index in [9.17, 15) is 4.79 Å². The van der Waals surface area contributed by atoms with Crippen LogP contribution < -0.4 is 5.32 Å². The number of allylic oxidation sites excluding steroid dienone is 3. The van der Waals surface area contributed by atoms with Crippen LogP contribution in [0.25, 0.3) is 0 Å². The predicted molar refractivity (Wildman–Crippen MR) is 133 cm³/mol. The molecular formula is C26H51N3O. The maximum Gasteiger partial charge on any atom is 0.243 e. The number of amides is 1. The molecule has 1 N–H and O–H groups in total. The summed E-state index contributed by atoms with van der Waals surface area (Å²) >= 11 is 0. The molecule has 0 aliphatic heterocycles. The van der Waals surface area contributed by atoms with E-state index in [4.69, 9.17) is 0 Å². The Bertz CT molecular complexity index is 457. The van der Waals surface area contributed by atoms with Crippen molar-refractivity contribution < 1.29 is 4.79 Å². The number of hydrogen-bond acceptors (Lipinski definition) is 3. The second-order valence-corrected chi connectivity index (χ2v) is 9.06. The first-order valence-electron chi connectivity index (χ1n) is 12.4. The molecule has 4 nitrogen and oxygen atoms in total. The van der Waals surface area contributed by atoms with E-state index in [0.29, 0.717) is 0 Å². The fourth-order valence-corrected chi connectivity index (χ4v) is 3.46. The summed E-state index contributed by atoms with van der Waals surface area (Å²) in [6.07, 6.45) is 21.1. The van der Waals surface area contributed by atoms with Crippen LogP contribution in [0.3, 0.4) is 0 Å². The van der Waals surface area contributed by atoms with Crippen LogP contribution in [0.1, 0.15) is 90.9 Å². The van der Waals surface area contributed by atoms with Crippen molar-refractivity contribution in [1.29, 1.82) is 0 Å². The Labute approximate surface area is 188 Å². The fraction of sp³-hybridized carbons (Fsp3) is 0.808. The first-order valence-corrected chi connectivity index (χ1v) is 12.4. The number of rotatable bonds is 20. The molecule has 0 aromatic heterocycles. The predicted octanol–water partition coefficient (Wildman–Crippen LogP) is 5.80. The Kier molecular flexibility index (Phi) is 20.3. The molecule has 30 heavy (non-hydrogen) atoms. The summed E-state index contributed by atoms with van der Waals surface area (Å²) < 4.78 is 0. The van der Waals surface area contributed by atoms with Crippen molar-refractivity contribution >= 4 is 5.91 Å². The molecule has 0 aliphatic rings. The van der Waals surface area contributed by atoms with Crippen molar-refractivity contribution in [3.8, 4) is 0 Å². The van der Waals surface area contributed by atoms with Gasteiger partial charge in [0.05, 0.1) is 0 Å². The van der Waals surface area contributed by atoms with E-state index in [1.807, 2.05) is 6.08 Å². The van der Waals surface area contributed by atoms with E-state index >= 15 is 0 Å². The van der Waals surface area contributed by atoms with Crippen molar-refractivity contribution in [2.24, 2.45) is 0 Å². The second-order valence-electron chi connectivity index (χ2n) is 9.06. The van der Waals surface area contributed by atoms with Gasteiger partial charge in [-0.1, -0.05) is 69.6 Å². The van der Waals surface area contributed by atoms with Crippen LogP contribution in [0.4, 0.5) is 0 Å². The van der Waals surface area contributed by atoms with Crippen molar-refractivity contribution in [3.05, 3.63) is 23.8 Å². The largest absolute Gasteiger partial charge is 0.353 e. The highest BCUT2D eigenvalue weighted by atomic mass is 16.1. The molecule has 0 aliphatic carbocycles. The third-order valence-electron chi connectivity index (χ3n) is 5.46. The molecule has 0 heterocycles. The smallest absolute Gasteiger partial charge is 0.243 e. The lowest BCUT2D eigenvalue weighted by Crippen LogP contribution is -2.27. The third-order valence-corrected chi connectivity index (χ3v) is 5.46.